The lowest BCUT2D eigenvalue weighted by Gasteiger charge is -2.13. The molecule has 158 valence electrons. The first kappa shape index (κ1) is 21.2. The van der Waals surface area contributed by atoms with E-state index in [2.05, 4.69) is 10.3 Å². The highest BCUT2D eigenvalue weighted by Gasteiger charge is 2.20. The fourth-order valence-corrected chi connectivity index (χ4v) is 3.03. The number of ether oxygens (including phenoxy) is 1. The first-order chi connectivity index (χ1) is 14.3. The van der Waals surface area contributed by atoms with Crippen LogP contribution in [0.25, 0.3) is 22.2 Å². The molecule has 0 fully saturated rings. The molecule has 5 N–H and O–H groups in total. The van der Waals surface area contributed by atoms with E-state index in [-0.39, 0.29) is 23.9 Å². The second-order valence-electron chi connectivity index (χ2n) is 6.46. The number of benzene rings is 2. The van der Waals surface area contributed by atoms with Crippen LogP contribution >= 0.6 is 0 Å². The predicted octanol–water partition coefficient (Wildman–Crippen LogP) is 2.37. The summed E-state index contributed by atoms with van der Waals surface area (Å²) in [6.45, 7) is -0.901. The van der Waals surface area contributed by atoms with Crippen molar-refractivity contribution in [1.29, 1.82) is 0 Å². The molecule has 0 radical (unpaired) electrons. The number of primary amides is 1. The molecule has 0 aliphatic heterocycles. The van der Waals surface area contributed by atoms with Crippen LogP contribution < -0.4 is 11.1 Å². The Balaban J connectivity index is 1.86. The van der Waals surface area contributed by atoms with Gasteiger partial charge in [-0.15, -0.1) is 0 Å². The van der Waals surface area contributed by atoms with E-state index in [9.17, 15) is 22.8 Å². The number of aliphatic hydroxyl groups is 1. The molecule has 3 aromatic rings. The number of nitrogens with two attached hydrogens (primary N) is 1. The Labute approximate surface area is 168 Å². The van der Waals surface area contributed by atoms with Crippen molar-refractivity contribution in [3.63, 3.8) is 0 Å². The van der Waals surface area contributed by atoms with Crippen LogP contribution in [0, 0.1) is 17.5 Å². The zero-order chi connectivity index (χ0) is 21.8. The average Bonchev–Trinajstić information content (AvgIpc) is 3.05. The molecule has 3 rings (SSSR count). The molecule has 0 unspecified atom stereocenters. The molecule has 0 bridgehead atoms. The number of halogens is 3. The van der Waals surface area contributed by atoms with Gasteiger partial charge in [-0.3, -0.25) is 4.79 Å². The van der Waals surface area contributed by atoms with Crippen molar-refractivity contribution in [1.82, 2.24) is 10.3 Å². The van der Waals surface area contributed by atoms with Gasteiger partial charge in [-0.25, -0.2) is 18.0 Å². The molecule has 0 aliphatic carbocycles. The lowest BCUT2D eigenvalue weighted by atomic mass is 10.0. The Hall–Kier alpha value is -3.53. The van der Waals surface area contributed by atoms with Crippen LogP contribution in [-0.2, 0) is 16.0 Å². The van der Waals surface area contributed by atoms with Crippen molar-refractivity contribution < 1.29 is 32.6 Å². The van der Waals surface area contributed by atoms with Crippen molar-refractivity contribution in [3.8, 4) is 11.3 Å². The van der Waals surface area contributed by atoms with Crippen LogP contribution in [0.5, 0.6) is 0 Å². The van der Waals surface area contributed by atoms with E-state index in [0.717, 1.165) is 12.1 Å². The first-order valence-corrected chi connectivity index (χ1v) is 8.89. The maximum Gasteiger partial charge on any atom is 0.407 e. The Bertz CT molecular complexity index is 1080. The number of carbonyl (C=O) groups excluding carboxylic acids is 2. The standard InChI is InChI=1S/C20H18F3N3O4/c21-11-3-1-10(2-4-11)17-13(14-7-12(22)8-15(23)18(14)26-17)5-6-30-20(29)25-16(9-27)19(24)28/h1-4,7-8,16,26-27H,5-6,9H2,(H2,24,28)(H,25,29)/t16-/m1/s1. The van der Waals surface area contributed by atoms with Crippen LogP contribution in [0.2, 0.25) is 0 Å². The van der Waals surface area contributed by atoms with Gasteiger partial charge in [0.25, 0.3) is 0 Å². The van der Waals surface area contributed by atoms with Crippen LogP contribution in [0.4, 0.5) is 18.0 Å². The molecule has 1 aromatic heterocycles. The largest absolute Gasteiger partial charge is 0.449 e. The maximum atomic E-state index is 14.2. The third-order valence-electron chi connectivity index (χ3n) is 4.47. The number of aromatic nitrogens is 1. The number of hydrogen-bond donors (Lipinski definition) is 4. The number of hydrogen-bond acceptors (Lipinski definition) is 4. The van der Waals surface area contributed by atoms with Gasteiger partial charge in [-0.2, -0.15) is 0 Å². The third kappa shape index (κ3) is 4.54. The van der Waals surface area contributed by atoms with E-state index >= 15 is 0 Å². The molecular weight excluding hydrogens is 403 g/mol. The Morgan fingerprint density at radius 2 is 1.83 bits per heavy atom. The van der Waals surface area contributed by atoms with Gasteiger partial charge in [-0.05, 0) is 41.5 Å². The monoisotopic (exact) mass is 421 g/mol. The minimum Gasteiger partial charge on any atom is -0.449 e. The highest BCUT2D eigenvalue weighted by molar-refractivity contribution is 5.91. The van der Waals surface area contributed by atoms with Crippen LogP contribution in [0.1, 0.15) is 5.56 Å². The summed E-state index contributed by atoms with van der Waals surface area (Å²) in [5.41, 5.74) is 6.48. The third-order valence-corrected chi connectivity index (χ3v) is 4.47. The number of aliphatic hydroxyl groups excluding tert-OH is 1. The highest BCUT2D eigenvalue weighted by Crippen LogP contribution is 2.32. The summed E-state index contributed by atoms with van der Waals surface area (Å²) in [4.78, 5) is 25.7. The normalized spacial score (nSPS) is 12.0. The van der Waals surface area contributed by atoms with E-state index in [4.69, 9.17) is 15.6 Å². The van der Waals surface area contributed by atoms with Crippen LogP contribution in [-0.4, -0.2) is 41.3 Å². The fourth-order valence-electron chi connectivity index (χ4n) is 3.03. The summed E-state index contributed by atoms with van der Waals surface area (Å²) in [7, 11) is 0. The molecular formula is C20H18F3N3O4. The maximum absolute atomic E-state index is 14.2. The van der Waals surface area contributed by atoms with Crippen molar-refractivity contribution in [2.45, 2.75) is 12.5 Å². The van der Waals surface area contributed by atoms with Gasteiger partial charge in [0.05, 0.1) is 18.7 Å². The molecule has 2 aromatic carbocycles. The van der Waals surface area contributed by atoms with Gasteiger partial charge >= 0.3 is 6.09 Å². The average molecular weight is 421 g/mol. The number of amides is 2. The number of alkyl carbamates (subject to hydrolysis) is 1. The van der Waals surface area contributed by atoms with Crippen molar-refractivity contribution >= 4 is 22.9 Å². The van der Waals surface area contributed by atoms with Crippen LogP contribution in [0.3, 0.4) is 0 Å². The second kappa shape index (κ2) is 8.87. The molecule has 30 heavy (non-hydrogen) atoms. The second-order valence-corrected chi connectivity index (χ2v) is 6.46. The molecule has 1 heterocycles. The van der Waals surface area contributed by atoms with E-state index in [0.29, 0.717) is 16.8 Å². The highest BCUT2D eigenvalue weighted by atomic mass is 19.1. The molecule has 2 amide bonds. The smallest absolute Gasteiger partial charge is 0.407 e. The Morgan fingerprint density at radius 1 is 1.13 bits per heavy atom. The van der Waals surface area contributed by atoms with Crippen molar-refractivity contribution in [3.05, 3.63) is 59.4 Å². The number of nitrogens with one attached hydrogen (secondary N) is 2. The van der Waals surface area contributed by atoms with E-state index < -0.39 is 42.1 Å². The Morgan fingerprint density at radius 3 is 2.47 bits per heavy atom. The summed E-state index contributed by atoms with van der Waals surface area (Å²) in [5.74, 6) is -2.97. The van der Waals surface area contributed by atoms with Gasteiger partial charge < -0.3 is 25.9 Å². The minimum atomic E-state index is -1.30. The number of fused-ring (bicyclic) bond motifs is 1. The molecule has 0 saturated heterocycles. The van der Waals surface area contributed by atoms with Gasteiger partial charge in [-0.1, -0.05) is 0 Å². The SMILES string of the molecule is NC(=O)[C@@H](CO)NC(=O)OCCc1c(-c2ccc(F)cc2)[nH]c2c(F)cc(F)cc12. The number of rotatable bonds is 7. The van der Waals surface area contributed by atoms with Crippen molar-refractivity contribution in [2.24, 2.45) is 5.73 Å². The van der Waals surface area contributed by atoms with Crippen LogP contribution in [0.15, 0.2) is 36.4 Å². The van der Waals surface area contributed by atoms with Gasteiger partial charge in [0.15, 0.2) is 0 Å². The quantitative estimate of drug-likeness (QED) is 0.469. The van der Waals surface area contributed by atoms with Gasteiger partial charge in [0.1, 0.15) is 23.5 Å². The minimum absolute atomic E-state index is 0.0589. The molecule has 0 saturated carbocycles. The number of H-pyrrole nitrogens is 1. The summed E-state index contributed by atoms with van der Waals surface area (Å²) in [5, 5.41) is 11.4. The molecule has 0 aliphatic rings. The van der Waals surface area contributed by atoms with E-state index in [1.54, 1.807) is 0 Å². The zero-order valence-corrected chi connectivity index (χ0v) is 15.5. The predicted molar refractivity (Wildman–Crippen MR) is 102 cm³/mol. The summed E-state index contributed by atoms with van der Waals surface area (Å²) in [6, 6.07) is 5.98. The molecule has 1 atom stereocenters. The van der Waals surface area contributed by atoms with Crippen molar-refractivity contribution in [2.75, 3.05) is 13.2 Å². The summed E-state index contributed by atoms with van der Waals surface area (Å²) >= 11 is 0. The lowest BCUT2D eigenvalue weighted by molar-refractivity contribution is -0.120. The molecule has 0 spiro atoms. The molecule has 10 heteroatoms. The summed E-state index contributed by atoms with van der Waals surface area (Å²) in [6.07, 6.45) is -0.933. The number of carbonyl (C=O) groups is 2. The molecule has 7 nitrogen and oxygen atoms in total. The zero-order valence-electron chi connectivity index (χ0n) is 15.5. The van der Waals surface area contributed by atoms with Gasteiger partial charge in [0, 0.05) is 23.6 Å². The Kier molecular flexibility index (Phi) is 6.26. The van der Waals surface area contributed by atoms with E-state index in [1.807, 2.05) is 0 Å². The summed E-state index contributed by atoms with van der Waals surface area (Å²) < 4.78 is 46.3. The topological polar surface area (TPSA) is 117 Å². The number of aromatic amines is 1. The lowest BCUT2D eigenvalue weighted by Crippen LogP contribution is -2.47. The fraction of sp³-hybridized carbons (Fsp3) is 0.200. The first-order valence-electron chi connectivity index (χ1n) is 8.89. The van der Waals surface area contributed by atoms with Gasteiger partial charge in [0.2, 0.25) is 5.91 Å². The van der Waals surface area contributed by atoms with E-state index in [1.165, 1.54) is 24.3 Å².